The van der Waals surface area contributed by atoms with Crippen molar-refractivity contribution < 1.29 is 24.2 Å². The SMILES string of the molecule is CC1=C(/C=C/C(C)=C/C=C/C(C)=C/C(=O)Oc2c(I)cc(Oc3ccc(CC(=O)O)cc3I)cc2I)C(C)(C)CCC1. The fourth-order valence-electron chi connectivity index (χ4n) is 4.73. The lowest BCUT2D eigenvalue weighted by Gasteiger charge is -2.32. The van der Waals surface area contributed by atoms with Crippen LogP contribution in [0.4, 0.5) is 0 Å². The maximum atomic E-state index is 12.7. The summed E-state index contributed by atoms with van der Waals surface area (Å²) < 4.78 is 14.0. The lowest BCUT2D eigenvalue weighted by Crippen LogP contribution is -2.19. The second-order valence-electron chi connectivity index (χ2n) is 11.0. The summed E-state index contributed by atoms with van der Waals surface area (Å²) in [5.41, 5.74) is 5.76. The number of hydrogen-bond donors (Lipinski definition) is 1. The first-order chi connectivity index (χ1) is 19.7. The zero-order valence-electron chi connectivity index (χ0n) is 24.4. The van der Waals surface area contributed by atoms with E-state index in [1.165, 1.54) is 36.5 Å². The molecule has 222 valence electrons. The van der Waals surface area contributed by atoms with Gasteiger partial charge in [-0.15, -0.1) is 0 Å². The minimum absolute atomic E-state index is 0.0412. The molecule has 2 aromatic carbocycles. The molecule has 42 heavy (non-hydrogen) atoms. The molecule has 0 saturated heterocycles. The van der Waals surface area contributed by atoms with Crippen molar-refractivity contribution in [2.24, 2.45) is 5.41 Å². The van der Waals surface area contributed by atoms with Crippen LogP contribution in [0.3, 0.4) is 0 Å². The molecule has 0 amide bonds. The van der Waals surface area contributed by atoms with Gasteiger partial charge in [0.05, 0.1) is 17.1 Å². The number of allylic oxidation sites excluding steroid dienone is 9. The van der Waals surface area contributed by atoms with Crippen LogP contribution < -0.4 is 9.47 Å². The molecule has 0 heterocycles. The Morgan fingerprint density at radius 3 is 2.31 bits per heavy atom. The number of hydrogen-bond acceptors (Lipinski definition) is 4. The molecule has 0 fully saturated rings. The Balaban J connectivity index is 1.63. The molecule has 0 spiro atoms. The van der Waals surface area contributed by atoms with Gasteiger partial charge in [0.1, 0.15) is 11.5 Å². The quantitative estimate of drug-likeness (QED) is 0.0846. The molecule has 8 heteroatoms. The van der Waals surface area contributed by atoms with E-state index in [-0.39, 0.29) is 11.8 Å². The van der Waals surface area contributed by atoms with Crippen molar-refractivity contribution >= 4 is 79.7 Å². The van der Waals surface area contributed by atoms with E-state index in [1.807, 2.05) is 25.2 Å². The van der Waals surface area contributed by atoms with E-state index < -0.39 is 11.9 Å². The number of rotatable bonds is 10. The van der Waals surface area contributed by atoms with E-state index in [1.54, 1.807) is 30.3 Å². The topological polar surface area (TPSA) is 72.8 Å². The molecule has 0 radical (unpaired) electrons. The predicted octanol–water partition coefficient (Wildman–Crippen LogP) is 10.4. The first kappa shape index (κ1) is 34.6. The Morgan fingerprint density at radius 2 is 1.69 bits per heavy atom. The molecule has 0 saturated carbocycles. The number of carboxylic acid groups (broad SMARTS) is 1. The standard InChI is InChI=1S/C34H35I3O5/c1-21(11-13-26-23(3)10-7-15-34(26,4)5)8-6-9-22(2)16-32(40)42-33-28(36)19-25(20-29(33)37)41-30-14-12-24(17-27(30)35)18-31(38)39/h6,8-9,11-14,16-17,19-20H,7,10,15,18H2,1-5H3,(H,38,39)/b9-6+,13-11+,21-8+,22-16+. The Labute approximate surface area is 289 Å². The highest BCUT2D eigenvalue weighted by atomic mass is 127. The third-order valence-electron chi connectivity index (χ3n) is 6.87. The van der Waals surface area contributed by atoms with Gasteiger partial charge in [0.25, 0.3) is 0 Å². The fraction of sp³-hybridized carbons (Fsp3) is 0.294. The Kier molecular flexibility index (Phi) is 12.9. The van der Waals surface area contributed by atoms with Crippen LogP contribution in [0.5, 0.6) is 17.2 Å². The molecule has 1 N–H and O–H groups in total. The molecule has 0 atom stereocenters. The molecule has 1 aliphatic rings. The normalized spacial score (nSPS) is 15.9. The Bertz CT molecular complexity index is 1490. The van der Waals surface area contributed by atoms with E-state index in [0.29, 0.717) is 22.8 Å². The summed E-state index contributed by atoms with van der Waals surface area (Å²) in [4.78, 5) is 23.7. The van der Waals surface area contributed by atoms with Gasteiger partial charge in [-0.1, -0.05) is 61.4 Å². The van der Waals surface area contributed by atoms with Gasteiger partial charge >= 0.3 is 11.9 Å². The summed E-state index contributed by atoms with van der Waals surface area (Å²) in [5, 5.41) is 9.01. The molecular formula is C34H35I3O5. The van der Waals surface area contributed by atoms with E-state index >= 15 is 0 Å². The smallest absolute Gasteiger partial charge is 0.336 e. The number of carboxylic acids is 1. The second-order valence-corrected chi connectivity index (χ2v) is 14.5. The minimum Gasteiger partial charge on any atom is -0.481 e. The molecule has 0 aromatic heterocycles. The van der Waals surface area contributed by atoms with Gasteiger partial charge in [-0.3, -0.25) is 4.79 Å². The van der Waals surface area contributed by atoms with E-state index in [4.69, 9.17) is 14.6 Å². The summed E-state index contributed by atoms with van der Waals surface area (Å²) in [5.74, 6) is 0.363. The van der Waals surface area contributed by atoms with E-state index in [0.717, 1.165) is 21.9 Å². The van der Waals surface area contributed by atoms with Crippen molar-refractivity contribution in [3.8, 4) is 17.2 Å². The van der Waals surface area contributed by atoms with Crippen LogP contribution in [0, 0.1) is 16.1 Å². The molecule has 0 aliphatic heterocycles. The van der Waals surface area contributed by atoms with Crippen molar-refractivity contribution in [1.82, 2.24) is 0 Å². The second kappa shape index (κ2) is 15.7. The summed E-state index contributed by atoms with van der Waals surface area (Å²) in [6.45, 7) is 10.8. The molecule has 1 aliphatic carbocycles. The highest BCUT2D eigenvalue weighted by molar-refractivity contribution is 14.1. The number of ether oxygens (including phenoxy) is 2. The zero-order valence-corrected chi connectivity index (χ0v) is 30.9. The van der Waals surface area contributed by atoms with Gasteiger partial charge in [-0.25, -0.2) is 4.79 Å². The molecular weight excluding hydrogens is 869 g/mol. The van der Waals surface area contributed by atoms with Crippen molar-refractivity contribution in [3.63, 3.8) is 0 Å². The maximum Gasteiger partial charge on any atom is 0.336 e. The van der Waals surface area contributed by atoms with Crippen LogP contribution >= 0.6 is 67.8 Å². The predicted molar refractivity (Wildman–Crippen MR) is 194 cm³/mol. The molecule has 2 aromatic rings. The minimum atomic E-state index is -0.878. The third kappa shape index (κ3) is 10.4. The average Bonchev–Trinajstić information content (AvgIpc) is 2.87. The highest BCUT2D eigenvalue weighted by Gasteiger charge is 2.26. The number of esters is 1. The maximum absolute atomic E-state index is 12.7. The number of carbonyl (C=O) groups is 2. The number of aliphatic carboxylic acids is 1. The highest BCUT2D eigenvalue weighted by Crippen LogP contribution is 2.41. The fourth-order valence-corrected chi connectivity index (χ4v) is 7.35. The molecule has 0 unspecified atom stereocenters. The molecule has 3 rings (SSSR count). The third-order valence-corrected chi connectivity index (χ3v) is 9.32. The lowest BCUT2D eigenvalue weighted by molar-refractivity contribution is -0.136. The van der Waals surface area contributed by atoms with Gasteiger partial charge in [-0.2, -0.15) is 0 Å². The zero-order chi connectivity index (χ0) is 31.0. The monoisotopic (exact) mass is 904 g/mol. The van der Waals surface area contributed by atoms with Crippen molar-refractivity contribution in [2.45, 2.75) is 60.3 Å². The first-order valence-electron chi connectivity index (χ1n) is 13.6. The molecule has 0 bridgehead atoms. The lowest BCUT2D eigenvalue weighted by atomic mass is 9.72. The largest absolute Gasteiger partial charge is 0.481 e. The number of halogens is 3. The van der Waals surface area contributed by atoms with Crippen LogP contribution in [-0.4, -0.2) is 17.0 Å². The van der Waals surface area contributed by atoms with Crippen molar-refractivity contribution in [3.05, 3.63) is 105 Å². The van der Waals surface area contributed by atoms with Gasteiger partial charge in [0.2, 0.25) is 0 Å². The number of benzene rings is 2. The van der Waals surface area contributed by atoms with Crippen LogP contribution in [-0.2, 0) is 16.0 Å². The summed E-state index contributed by atoms with van der Waals surface area (Å²) >= 11 is 6.37. The van der Waals surface area contributed by atoms with Crippen LogP contribution in [0.15, 0.2) is 89.1 Å². The molecule has 5 nitrogen and oxygen atoms in total. The summed E-state index contributed by atoms with van der Waals surface area (Å²) in [6.07, 6.45) is 15.4. The van der Waals surface area contributed by atoms with E-state index in [2.05, 4.69) is 108 Å². The average molecular weight is 904 g/mol. The van der Waals surface area contributed by atoms with Crippen LogP contribution in [0.2, 0.25) is 0 Å². The van der Waals surface area contributed by atoms with E-state index in [9.17, 15) is 9.59 Å². The summed E-state index contributed by atoms with van der Waals surface area (Å²) in [6, 6.07) is 8.90. The van der Waals surface area contributed by atoms with Gasteiger partial charge in [-0.05, 0) is 154 Å². The first-order valence-corrected chi connectivity index (χ1v) is 16.8. The Morgan fingerprint density at radius 1 is 1.00 bits per heavy atom. The van der Waals surface area contributed by atoms with Crippen LogP contribution in [0.25, 0.3) is 0 Å². The van der Waals surface area contributed by atoms with Gasteiger partial charge < -0.3 is 14.6 Å². The number of carbonyl (C=O) groups excluding carboxylic acids is 1. The van der Waals surface area contributed by atoms with Crippen molar-refractivity contribution in [2.75, 3.05) is 0 Å². The Hall–Kier alpha value is -1.93. The van der Waals surface area contributed by atoms with Gasteiger partial charge in [0, 0.05) is 6.08 Å². The van der Waals surface area contributed by atoms with Crippen molar-refractivity contribution in [1.29, 1.82) is 0 Å². The summed E-state index contributed by atoms with van der Waals surface area (Å²) in [7, 11) is 0. The van der Waals surface area contributed by atoms with Crippen LogP contribution in [0.1, 0.15) is 59.4 Å². The van der Waals surface area contributed by atoms with Gasteiger partial charge in [0.15, 0.2) is 5.75 Å².